The monoisotopic (exact) mass is 349 g/mol. The third kappa shape index (κ3) is 3.77. The van der Waals surface area contributed by atoms with Gasteiger partial charge in [-0.25, -0.2) is 9.78 Å². The first-order chi connectivity index (χ1) is 11.3. The molecule has 0 radical (unpaired) electrons. The van der Waals surface area contributed by atoms with Crippen LogP contribution in [0.2, 0.25) is 0 Å². The van der Waals surface area contributed by atoms with Gasteiger partial charge in [0.15, 0.2) is 5.16 Å². The van der Waals surface area contributed by atoms with Crippen molar-refractivity contribution in [3.63, 3.8) is 0 Å². The lowest BCUT2D eigenvalue weighted by Gasteiger charge is -2.32. The second kappa shape index (κ2) is 6.55. The first kappa shape index (κ1) is 17.0. The second-order valence-electron chi connectivity index (χ2n) is 7.02. The molecule has 1 fully saturated rings. The van der Waals surface area contributed by atoms with Crippen LogP contribution in [0, 0.1) is 0 Å². The van der Waals surface area contributed by atoms with E-state index >= 15 is 0 Å². The number of nitrogens with one attached hydrogen (secondary N) is 1. The van der Waals surface area contributed by atoms with Gasteiger partial charge in [-0.2, -0.15) is 0 Å². The van der Waals surface area contributed by atoms with Crippen LogP contribution in [-0.4, -0.2) is 49.1 Å². The molecule has 1 aromatic carbocycles. The van der Waals surface area contributed by atoms with Crippen molar-refractivity contribution < 1.29 is 13.7 Å². The minimum atomic E-state index is -1.20. The highest BCUT2D eigenvalue weighted by Gasteiger charge is 2.30. The quantitative estimate of drug-likeness (QED) is 0.904. The number of piperidine rings is 1. The first-order valence-corrected chi connectivity index (χ1v) is 9.38. The molecule has 0 bridgehead atoms. The summed E-state index contributed by atoms with van der Waals surface area (Å²) in [5.41, 5.74) is 1.23. The number of rotatable bonds is 2. The maximum absolute atomic E-state index is 12.8. The van der Waals surface area contributed by atoms with Crippen molar-refractivity contribution in [2.45, 2.75) is 49.6 Å². The predicted octanol–water partition coefficient (Wildman–Crippen LogP) is 3.07. The van der Waals surface area contributed by atoms with E-state index in [1.165, 1.54) is 0 Å². The Morgan fingerprint density at radius 2 is 1.96 bits per heavy atom. The highest BCUT2D eigenvalue weighted by Crippen LogP contribution is 2.23. The molecule has 3 rings (SSSR count). The van der Waals surface area contributed by atoms with Gasteiger partial charge in [-0.15, -0.1) is 0 Å². The van der Waals surface area contributed by atoms with Gasteiger partial charge in [0.25, 0.3) is 0 Å². The topological polar surface area (TPSA) is 75.3 Å². The van der Waals surface area contributed by atoms with Gasteiger partial charge in [0.05, 0.1) is 21.8 Å². The number of amides is 1. The van der Waals surface area contributed by atoms with Gasteiger partial charge in [-0.1, -0.05) is 12.1 Å². The number of carbonyl (C=O) groups is 1. The first-order valence-electron chi connectivity index (χ1n) is 8.17. The highest BCUT2D eigenvalue weighted by molar-refractivity contribution is 7.85. The maximum Gasteiger partial charge on any atom is 0.410 e. The van der Waals surface area contributed by atoms with E-state index < -0.39 is 16.4 Å². The number of para-hydroxylation sites is 2. The van der Waals surface area contributed by atoms with E-state index in [0.717, 1.165) is 11.0 Å². The summed E-state index contributed by atoms with van der Waals surface area (Å²) in [6, 6.07) is 7.66. The Labute approximate surface area is 144 Å². The van der Waals surface area contributed by atoms with Crippen LogP contribution in [0.1, 0.15) is 33.6 Å². The molecular formula is C17H23N3O3S. The second-order valence-corrected chi connectivity index (χ2v) is 8.67. The number of ether oxygens (including phenoxy) is 1. The zero-order chi connectivity index (χ0) is 17.3. The van der Waals surface area contributed by atoms with Crippen molar-refractivity contribution >= 4 is 27.9 Å². The minimum Gasteiger partial charge on any atom is -0.444 e. The third-order valence-electron chi connectivity index (χ3n) is 3.95. The molecule has 0 saturated carbocycles. The molecule has 1 aromatic heterocycles. The Morgan fingerprint density at radius 3 is 2.58 bits per heavy atom. The normalized spacial score (nSPS) is 17.9. The van der Waals surface area contributed by atoms with Crippen LogP contribution in [0.15, 0.2) is 29.4 Å². The van der Waals surface area contributed by atoms with Gasteiger partial charge < -0.3 is 14.6 Å². The molecule has 1 atom stereocenters. The standard InChI is InChI=1S/C17H23N3O3S/c1-17(2,3)23-16(21)20-10-8-12(9-11-20)24(22)15-18-13-6-4-5-7-14(13)19-15/h4-7,12H,8-11H2,1-3H3,(H,18,19)/t24-/m0/s1. The van der Waals surface area contributed by atoms with Crippen molar-refractivity contribution in [2.24, 2.45) is 0 Å². The molecule has 1 N–H and O–H groups in total. The molecular weight excluding hydrogens is 326 g/mol. The summed E-state index contributed by atoms with van der Waals surface area (Å²) in [5, 5.41) is 0.524. The van der Waals surface area contributed by atoms with Gasteiger partial charge in [0.2, 0.25) is 0 Å². The summed E-state index contributed by atoms with van der Waals surface area (Å²) >= 11 is 0. The molecule has 1 amide bonds. The van der Waals surface area contributed by atoms with Crippen molar-refractivity contribution in [3.05, 3.63) is 24.3 Å². The van der Waals surface area contributed by atoms with Crippen LogP contribution in [0.4, 0.5) is 4.79 Å². The van der Waals surface area contributed by atoms with Gasteiger partial charge in [-0.3, -0.25) is 4.21 Å². The molecule has 2 aromatic rings. The number of hydrogen-bond donors (Lipinski definition) is 1. The van der Waals surface area contributed by atoms with E-state index in [2.05, 4.69) is 9.97 Å². The summed E-state index contributed by atoms with van der Waals surface area (Å²) in [6.45, 7) is 6.69. The molecule has 6 nitrogen and oxygen atoms in total. The van der Waals surface area contributed by atoms with E-state index in [0.29, 0.717) is 31.1 Å². The van der Waals surface area contributed by atoms with E-state index in [9.17, 15) is 9.00 Å². The van der Waals surface area contributed by atoms with Crippen LogP contribution in [-0.2, 0) is 15.5 Å². The average molecular weight is 349 g/mol. The Balaban J connectivity index is 1.62. The van der Waals surface area contributed by atoms with E-state index in [-0.39, 0.29) is 11.3 Å². The molecule has 0 unspecified atom stereocenters. The fourth-order valence-electron chi connectivity index (χ4n) is 2.76. The van der Waals surface area contributed by atoms with Crippen molar-refractivity contribution in [1.29, 1.82) is 0 Å². The third-order valence-corrected chi connectivity index (χ3v) is 5.61. The van der Waals surface area contributed by atoms with Gasteiger partial charge >= 0.3 is 6.09 Å². The van der Waals surface area contributed by atoms with E-state index in [1.54, 1.807) is 4.90 Å². The Morgan fingerprint density at radius 1 is 1.29 bits per heavy atom. The number of nitrogens with zero attached hydrogens (tertiary/aromatic N) is 2. The molecule has 0 spiro atoms. The largest absolute Gasteiger partial charge is 0.444 e. The van der Waals surface area contributed by atoms with Gasteiger partial charge in [0, 0.05) is 18.3 Å². The van der Waals surface area contributed by atoms with Crippen molar-refractivity contribution in [3.8, 4) is 0 Å². The lowest BCUT2D eigenvalue weighted by atomic mass is 10.1. The Hall–Kier alpha value is -1.89. The van der Waals surface area contributed by atoms with Crippen LogP contribution < -0.4 is 0 Å². The number of fused-ring (bicyclic) bond motifs is 1. The number of aromatic amines is 1. The number of aromatic nitrogens is 2. The van der Waals surface area contributed by atoms with Gasteiger partial charge in [0.1, 0.15) is 5.60 Å². The summed E-state index contributed by atoms with van der Waals surface area (Å²) in [7, 11) is -1.20. The maximum atomic E-state index is 12.8. The fraction of sp³-hybridized carbons (Fsp3) is 0.529. The molecule has 130 valence electrons. The predicted molar refractivity (Wildman–Crippen MR) is 93.3 cm³/mol. The fourth-order valence-corrected chi connectivity index (χ4v) is 4.12. The molecule has 0 aliphatic carbocycles. The molecule has 1 aliphatic heterocycles. The van der Waals surface area contributed by atoms with Crippen LogP contribution in [0.3, 0.4) is 0 Å². The Kier molecular flexibility index (Phi) is 4.62. The number of likely N-dealkylation sites (tertiary alicyclic amines) is 1. The summed E-state index contributed by atoms with van der Waals surface area (Å²) in [6.07, 6.45) is 1.07. The lowest BCUT2D eigenvalue weighted by Crippen LogP contribution is -2.43. The number of carbonyl (C=O) groups excluding carboxylic acids is 1. The van der Waals surface area contributed by atoms with Crippen LogP contribution in [0.5, 0.6) is 0 Å². The SMILES string of the molecule is CC(C)(C)OC(=O)N1CCC([S@](=O)c2nc3ccccc3[nH]2)CC1. The van der Waals surface area contributed by atoms with Crippen molar-refractivity contribution in [1.82, 2.24) is 14.9 Å². The molecule has 2 heterocycles. The smallest absolute Gasteiger partial charge is 0.410 e. The van der Waals surface area contributed by atoms with Gasteiger partial charge in [-0.05, 0) is 45.7 Å². The zero-order valence-corrected chi connectivity index (χ0v) is 15.1. The molecule has 1 saturated heterocycles. The molecule has 24 heavy (non-hydrogen) atoms. The van der Waals surface area contributed by atoms with Crippen LogP contribution >= 0.6 is 0 Å². The summed E-state index contributed by atoms with van der Waals surface area (Å²) in [5.74, 6) is 0. The molecule has 1 aliphatic rings. The highest BCUT2D eigenvalue weighted by atomic mass is 32.2. The number of benzene rings is 1. The van der Waals surface area contributed by atoms with E-state index in [4.69, 9.17) is 4.74 Å². The van der Waals surface area contributed by atoms with Crippen LogP contribution in [0.25, 0.3) is 11.0 Å². The Bertz CT molecular complexity index is 725. The lowest BCUT2D eigenvalue weighted by molar-refractivity contribution is 0.0218. The van der Waals surface area contributed by atoms with Crippen molar-refractivity contribution in [2.75, 3.05) is 13.1 Å². The average Bonchev–Trinajstić information content (AvgIpc) is 2.96. The zero-order valence-electron chi connectivity index (χ0n) is 14.2. The summed E-state index contributed by atoms with van der Waals surface area (Å²) in [4.78, 5) is 21.3. The minimum absolute atomic E-state index is 0.00393. The number of H-pyrrole nitrogens is 1. The number of imidazole rings is 1. The summed E-state index contributed by atoms with van der Waals surface area (Å²) < 4.78 is 18.1. The van der Waals surface area contributed by atoms with E-state index in [1.807, 2.05) is 45.0 Å². The number of hydrogen-bond acceptors (Lipinski definition) is 4. The molecule has 7 heteroatoms.